The Bertz CT molecular complexity index is 700. The van der Waals surface area contributed by atoms with E-state index in [-0.39, 0.29) is 12.1 Å². The number of rotatable bonds is 33. The van der Waals surface area contributed by atoms with Crippen LogP contribution >= 0.6 is 0 Å². The Morgan fingerprint density at radius 2 is 1.11 bits per heavy atom. The number of carbonyl (C=O) groups is 1. The molecule has 0 aromatic heterocycles. The van der Waals surface area contributed by atoms with Gasteiger partial charge in [-0.05, 0) is 77.8 Å². The van der Waals surface area contributed by atoms with Gasteiger partial charge in [-0.1, -0.05) is 160 Å². The number of allylic oxidation sites excluding steroid dienone is 6. The van der Waals surface area contributed by atoms with Gasteiger partial charge in [-0.25, -0.2) is 4.79 Å². The van der Waals surface area contributed by atoms with Gasteiger partial charge in [-0.3, -0.25) is 0 Å². The molecule has 2 atom stereocenters. The van der Waals surface area contributed by atoms with Crippen molar-refractivity contribution < 1.29 is 9.53 Å². The van der Waals surface area contributed by atoms with E-state index in [2.05, 4.69) is 62.5 Å². The summed E-state index contributed by atoms with van der Waals surface area (Å²) in [6, 6.07) is 0.244. The van der Waals surface area contributed by atoms with Gasteiger partial charge in [0.05, 0.1) is 0 Å². The van der Waals surface area contributed by atoms with Crippen LogP contribution < -0.4 is 5.32 Å². The van der Waals surface area contributed by atoms with Crippen molar-refractivity contribution in [2.75, 3.05) is 27.2 Å². The minimum atomic E-state index is -0.240. The third-order valence-electron chi connectivity index (χ3n) is 8.78. The predicted octanol–water partition coefficient (Wildman–Crippen LogP) is 12.7. The highest BCUT2D eigenvalue weighted by molar-refractivity contribution is 5.67. The number of hydrogen-bond acceptors (Lipinski definition) is 3. The lowest BCUT2D eigenvalue weighted by Gasteiger charge is -2.19. The van der Waals surface area contributed by atoms with Crippen LogP contribution in [-0.2, 0) is 4.74 Å². The summed E-state index contributed by atoms with van der Waals surface area (Å²) in [5.41, 5.74) is 0. The number of hydrogen-bond donors (Lipinski definition) is 1. The number of amides is 1. The highest BCUT2D eigenvalue weighted by atomic mass is 16.5. The second-order valence-corrected chi connectivity index (χ2v) is 13.8. The Morgan fingerprint density at radius 3 is 1.69 bits per heavy atom. The standard InChI is InChI=1S/C41H78N2O2/c1-6-8-10-12-13-14-15-16-17-18-19-20-21-22-27-31-35-40(42-41(44)45-38-37-43(4)5)36-32-28-24-23-26-30-34-39(3)33-29-25-11-9-7-2/h13-14,16-17,25,29,39-40H,6-12,15,18-24,26-28,30-38H2,1-5H3,(H,42,44)/b14-13-,17-16-,29-25+. The fourth-order valence-electron chi connectivity index (χ4n) is 5.67. The Balaban J connectivity index is 4.06. The van der Waals surface area contributed by atoms with E-state index in [0.717, 1.165) is 31.7 Å². The number of unbranched alkanes of at least 4 members (excludes halogenated alkanes) is 16. The van der Waals surface area contributed by atoms with E-state index in [4.69, 9.17) is 4.74 Å². The molecule has 0 aliphatic rings. The van der Waals surface area contributed by atoms with Gasteiger partial charge in [-0.2, -0.15) is 0 Å². The Hall–Kier alpha value is -1.55. The smallest absolute Gasteiger partial charge is 0.407 e. The lowest BCUT2D eigenvalue weighted by molar-refractivity contribution is 0.131. The van der Waals surface area contributed by atoms with Gasteiger partial charge < -0.3 is 15.0 Å². The van der Waals surface area contributed by atoms with Crippen molar-refractivity contribution in [3.05, 3.63) is 36.5 Å². The number of ether oxygens (including phenoxy) is 1. The molecule has 0 radical (unpaired) electrons. The third kappa shape index (κ3) is 35.2. The van der Waals surface area contributed by atoms with Crippen LogP contribution in [0.25, 0.3) is 0 Å². The molecule has 4 nitrogen and oxygen atoms in total. The summed E-state index contributed by atoms with van der Waals surface area (Å²) < 4.78 is 5.44. The second kappa shape index (κ2) is 35.3. The molecule has 0 aromatic rings. The lowest BCUT2D eigenvalue weighted by Crippen LogP contribution is -2.36. The Labute approximate surface area is 282 Å². The maximum atomic E-state index is 12.4. The van der Waals surface area contributed by atoms with Gasteiger partial charge in [-0.15, -0.1) is 0 Å². The molecule has 0 aliphatic carbocycles. The van der Waals surface area contributed by atoms with E-state index in [1.807, 2.05) is 19.0 Å². The zero-order valence-electron chi connectivity index (χ0n) is 31.0. The van der Waals surface area contributed by atoms with Crippen LogP contribution in [0.4, 0.5) is 4.79 Å². The van der Waals surface area contributed by atoms with Crippen molar-refractivity contribution in [1.82, 2.24) is 10.2 Å². The molecule has 0 saturated carbocycles. The molecule has 264 valence electrons. The molecular formula is C41H78N2O2. The number of alkyl carbamates (subject to hydrolysis) is 1. The highest BCUT2D eigenvalue weighted by Crippen LogP contribution is 2.18. The van der Waals surface area contributed by atoms with E-state index in [1.54, 1.807) is 0 Å². The van der Waals surface area contributed by atoms with E-state index in [0.29, 0.717) is 6.61 Å². The van der Waals surface area contributed by atoms with Gasteiger partial charge in [0.2, 0.25) is 0 Å². The van der Waals surface area contributed by atoms with Gasteiger partial charge >= 0.3 is 6.09 Å². The van der Waals surface area contributed by atoms with Crippen molar-refractivity contribution in [3.63, 3.8) is 0 Å². The number of nitrogens with one attached hydrogen (secondary N) is 1. The molecule has 1 N–H and O–H groups in total. The Kier molecular flexibility index (Phi) is 34.1. The normalized spacial score (nSPS) is 13.5. The zero-order valence-corrected chi connectivity index (χ0v) is 31.0. The zero-order chi connectivity index (χ0) is 33.1. The quantitative estimate of drug-likeness (QED) is 0.0579. The van der Waals surface area contributed by atoms with Gasteiger partial charge in [0.15, 0.2) is 0 Å². The van der Waals surface area contributed by atoms with Crippen LogP contribution in [0.5, 0.6) is 0 Å². The topological polar surface area (TPSA) is 41.6 Å². The molecule has 0 aliphatic heterocycles. The monoisotopic (exact) mass is 631 g/mol. The lowest BCUT2D eigenvalue weighted by atomic mass is 9.97. The van der Waals surface area contributed by atoms with Crippen LogP contribution in [-0.4, -0.2) is 44.3 Å². The summed E-state index contributed by atoms with van der Waals surface area (Å²) in [6.45, 7) is 8.13. The SMILES string of the molecule is CCCC/C=C/CC(C)CCCCCCCCC(CCCCCCCC/C=C\C/C=C\CCCCC)NC(=O)OCCN(C)C. The number of carbonyl (C=O) groups excluding carboxylic acids is 1. The molecule has 4 heteroatoms. The molecule has 0 rings (SSSR count). The summed E-state index contributed by atoms with van der Waals surface area (Å²) in [6.07, 6.45) is 45.5. The fourth-order valence-corrected chi connectivity index (χ4v) is 5.67. The van der Waals surface area contributed by atoms with Gasteiger partial charge in [0, 0.05) is 12.6 Å². The molecule has 0 spiro atoms. The first kappa shape index (κ1) is 43.5. The number of nitrogens with zero attached hydrogens (tertiary/aromatic N) is 1. The molecule has 0 saturated heterocycles. The minimum absolute atomic E-state index is 0.240. The van der Waals surface area contributed by atoms with Crippen molar-refractivity contribution in [1.29, 1.82) is 0 Å². The predicted molar refractivity (Wildman–Crippen MR) is 200 cm³/mol. The Morgan fingerprint density at radius 1 is 0.622 bits per heavy atom. The first-order valence-electron chi connectivity index (χ1n) is 19.5. The summed E-state index contributed by atoms with van der Waals surface area (Å²) in [7, 11) is 4.01. The van der Waals surface area contributed by atoms with Crippen LogP contribution in [0.3, 0.4) is 0 Å². The molecule has 0 bridgehead atoms. The molecule has 2 unspecified atom stereocenters. The summed E-state index contributed by atoms with van der Waals surface area (Å²) in [4.78, 5) is 14.5. The van der Waals surface area contributed by atoms with Crippen molar-refractivity contribution in [2.24, 2.45) is 5.92 Å². The first-order chi connectivity index (χ1) is 22.0. The first-order valence-corrected chi connectivity index (χ1v) is 19.5. The molecule has 0 fully saturated rings. The highest BCUT2D eigenvalue weighted by Gasteiger charge is 2.13. The average Bonchev–Trinajstić information content (AvgIpc) is 3.01. The van der Waals surface area contributed by atoms with E-state index in [9.17, 15) is 4.79 Å². The molecule has 45 heavy (non-hydrogen) atoms. The fraction of sp³-hybridized carbons (Fsp3) is 0.829. The summed E-state index contributed by atoms with van der Waals surface area (Å²) >= 11 is 0. The number of likely N-dealkylation sites (N-methyl/N-ethyl adjacent to an activating group) is 1. The molecule has 1 amide bonds. The second-order valence-electron chi connectivity index (χ2n) is 13.8. The third-order valence-corrected chi connectivity index (χ3v) is 8.78. The van der Waals surface area contributed by atoms with Gasteiger partial charge in [0.1, 0.15) is 6.61 Å². The van der Waals surface area contributed by atoms with Crippen molar-refractivity contribution in [2.45, 2.75) is 187 Å². The van der Waals surface area contributed by atoms with E-state index >= 15 is 0 Å². The molecule has 0 heterocycles. The van der Waals surface area contributed by atoms with Crippen LogP contribution in [0, 0.1) is 5.92 Å². The average molecular weight is 631 g/mol. The van der Waals surface area contributed by atoms with Crippen molar-refractivity contribution >= 4 is 6.09 Å². The van der Waals surface area contributed by atoms with Crippen LogP contribution in [0.2, 0.25) is 0 Å². The van der Waals surface area contributed by atoms with E-state index in [1.165, 1.54) is 141 Å². The van der Waals surface area contributed by atoms with Crippen LogP contribution in [0.1, 0.15) is 181 Å². The summed E-state index contributed by atoms with van der Waals surface area (Å²) in [5.74, 6) is 0.812. The van der Waals surface area contributed by atoms with Crippen molar-refractivity contribution in [3.8, 4) is 0 Å². The maximum Gasteiger partial charge on any atom is 0.407 e. The molecule has 0 aromatic carbocycles. The maximum absolute atomic E-state index is 12.4. The molecular weight excluding hydrogens is 552 g/mol. The van der Waals surface area contributed by atoms with Gasteiger partial charge in [0.25, 0.3) is 0 Å². The summed E-state index contributed by atoms with van der Waals surface area (Å²) in [5, 5.41) is 3.20. The largest absolute Gasteiger partial charge is 0.448 e. The van der Waals surface area contributed by atoms with E-state index < -0.39 is 0 Å². The van der Waals surface area contributed by atoms with Crippen LogP contribution in [0.15, 0.2) is 36.5 Å². The minimum Gasteiger partial charge on any atom is -0.448 e.